The van der Waals surface area contributed by atoms with Crippen molar-refractivity contribution in [3.63, 3.8) is 0 Å². The first-order chi connectivity index (χ1) is 10.2. The fourth-order valence-electron chi connectivity index (χ4n) is 1.13. The molecule has 0 amide bonds. The predicted octanol–water partition coefficient (Wildman–Crippen LogP) is 3.58. The minimum absolute atomic E-state index is 0.709. The Kier molecular flexibility index (Phi) is 7.80. The molecule has 0 aromatic carbocycles. The van der Waals surface area contributed by atoms with Crippen LogP contribution in [0.15, 0.2) is 0 Å². The summed E-state index contributed by atoms with van der Waals surface area (Å²) in [4.78, 5) is 0. The van der Waals surface area contributed by atoms with Crippen LogP contribution in [-0.2, 0) is 13.3 Å². The maximum absolute atomic E-state index is 12.1. The zero-order chi connectivity index (χ0) is 18.4. The third-order valence-corrected chi connectivity index (χ3v) is 4.53. The molecule has 0 aliphatic rings. The number of alkyl halides is 9. The van der Waals surface area contributed by atoms with E-state index in [0.717, 1.165) is 0 Å². The summed E-state index contributed by atoms with van der Waals surface area (Å²) in [6.07, 6.45) is -15.8. The quantitative estimate of drug-likeness (QED) is 0.478. The van der Waals surface area contributed by atoms with E-state index in [4.69, 9.17) is 5.26 Å². The second-order valence-corrected chi connectivity index (χ2v) is 6.78. The van der Waals surface area contributed by atoms with E-state index in [0.29, 0.717) is 0 Å². The highest BCUT2D eigenvalue weighted by atomic mass is 28.4. The highest BCUT2D eigenvalue weighted by Gasteiger charge is 2.49. The third kappa shape index (κ3) is 12.1. The van der Waals surface area contributed by atoms with Crippen LogP contribution in [0.3, 0.4) is 0 Å². The summed E-state index contributed by atoms with van der Waals surface area (Å²) >= 11 is 0. The molecule has 0 aliphatic carbocycles. The number of rotatable bonds is 8. The SMILES string of the molecule is N#CCC[Si](OCC(F)(F)F)(OCC(F)(F)F)OCC(F)(F)F. The molecule has 0 unspecified atom stereocenters. The van der Waals surface area contributed by atoms with Crippen LogP contribution < -0.4 is 0 Å². The van der Waals surface area contributed by atoms with E-state index in [9.17, 15) is 39.5 Å². The van der Waals surface area contributed by atoms with Crippen molar-refractivity contribution < 1.29 is 52.8 Å². The van der Waals surface area contributed by atoms with Gasteiger partial charge in [-0.15, -0.1) is 0 Å². The minimum Gasteiger partial charge on any atom is -0.364 e. The van der Waals surface area contributed by atoms with Gasteiger partial charge in [-0.05, 0) is 0 Å². The summed E-state index contributed by atoms with van der Waals surface area (Å²) in [5, 5.41) is 8.35. The number of hydrogen-bond donors (Lipinski definition) is 0. The molecule has 0 saturated heterocycles. The van der Waals surface area contributed by atoms with Gasteiger partial charge in [0.05, 0.1) is 6.07 Å². The molecule has 0 N–H and O–H groups in total. The molecular formula is C9H10F9NO3Si. The first-order valence-corrected chi connectivity index (χ1v) is 7.60. The van der Waals surface area contributed by atoms with E-state index >= 15 is 0 Å². The molecule has 0 rings (SSSR count). The van der Waals surface area contributed by atoms with Gasteiger partial charge in [0, 0.05) is 12.5 Å². The summed E-state index contributed by atoms with van der Waals surface area (Å²) in [7, 11) is -5.03. The van der Waals surface area contributed by atoms with E-state index < -0.39 is 59.6 Å². The number of hydrogen-bond acceptors (Lipinski definition) is 4. The summed E-state index contributed by atoms with van der Waals surface area (Å²) in [6, 6.07) is 0.413. The summed E-state index contributed by atoms with van der Waals surface area (Å²) in [5.41, 5.74) is 0. The summed E-state index contributed by atoms with van der Waals surface area (Å²) < 4.78 is 122. The molecule has 0 aromatic heterocycles. The molecule has 0 spiro atoms. The Morgan fingerprint density at radius 2 is 1.00 bits per heavy atom. The van der Waals surface area contributed by atoms with Crippen molar-refractivity contribution in [3.8, 4) is 6.07 Å². The van der Waals surface area contributed by atoms with Crippen LogP contribution >= 0.6 is 0 Å². The molecule has 0 aliphatic heterocycles. The standard InChI is InChI=1S/C9H10F9NO3Si/c10-7(11,12)4-20-23(3-1-2-19,21-5-8(13,14)15)22-6-9(16,17)18/h1,3-6H2. The lowest BCUT2D eigenvalue weighted by Crippen LogP contribution is -2.51. The van der Waals surface area contributed by atoms with Crippen molar-refractivity contribution in [3.05, 3.63) is 0 Å². The Balaban J connectivity index is 5.21. The van der Waals surface area contributed by atoms with Crippen LogP contribution in [0, 0.1) is 11.3 Å². The van der Waals surface area contributed by atoms with Gasteiger partial charge < -0.3 is 13.3 Å². The Labute approximate surface area is 125 Å². The average Bonchev–Trinajstić information content (AvgIpc) is 2.34. The lowest BCUT2D eigenvalue weighted by atomic mass is 10.6. The van der Waals surface area contributed by atoms with E-state index in [-0.39, 0.29) is 0 Å². The largest absolute Gasteiger partial charge is 0.502 e. The second-order valence-electron chi connectivity index (χ2n) is 4.05. The number of nitrogens with zero attached hydrogens (tertiary/aromatic N) is 1. The van der Waals surface area contributed by atoms with E-state index in [1.165, 1.54) is 6.07 Å². The van der Waals surface area contributed by atoms with Crippen molar-refractivity contribution in [2.75, 3.05) is 19.8 Å². The van der Waals surface area contributed by atoms with Crippen LogP contribution in [0.25, 0.3) is 0 Å². The molecule has 4 nitrogen and oxygen atoms in total. The van der Waals surface area contributed by atoms with Crippen molar-refractivity contribution >= 4 is 8.80 Å². The molecule has 23 heavy (non-hydrogen) atoms. The Morgan fingerprint density at radius 1 is 0.696 bits per heavy atom. The Bertz CT molecular complexity index is 355. The third-order valence-electron chi connectivity index (χ3n) is 1.91. The van der Waals surface area contributed by atoms with Gasteiger partial charge in [0.15, 0.2) is 0 Å². The van der Waals surface area contributed by atoms with Gasteiger partial charge in [-0.3, -0.25) is 0 Å². The van der Waals surface area contributed by atoms with Crippen molar-refractivity contribution in [1.29, 1.82) is 5.26 Å². The molecule has 0 aromatic rings. The highest BCUT2D eigenvalue weighted by molar-refractivity contribution is 6.60. The maximum Gasteiger partial charge on any atom is 0.502 e. The van der Waals surface area contributed by atoms with Crippen LogP contribution in [0.1, 0.15) is 6.42 Å². The van der Waals surface area contributed by atoms with Crippen LogP contribution in [-0.4, -0.2) is 47.2 Å². The zero-order valence-corrected chi connectivity index (χ0v) is 12.1. The van der Waals surface area contributed by atoms with Gasteiger partial charge in [0.2, 0.25) is 0 Å². The smallest absolute Gasteiger partial charge is 0.364 e. The zero-order valence-electron chi connectivity index (χ0n) is 11.1. The monoisotopic (exact) mass is 379 g/mol. The predicted molar refractivity (Wildman–Crippen MR) is 56.8 cm³/mol. The number of nitriles is 1. The Hall–Kier alpha value is -1.04. The molecule has 0 fully saturated rings. The lowest BCUT2D eigenvalue weighted by Gasteiger charge is -2.30. The molecule has 136 valence electrons. The summed E-state index contributed by atoms with van der Waals surface area (Å²) in [6.45, 7) is -6.50. The van der Waals surface area contributed by atoms with Gasteiger partial charge in [0.1, 0.15) is 19.8 Å². The topological polar surface area (TPSA) is 51.5 Å². The first kappa shape index (κ1) is 22.0. The van der Waals surface area contributed by atoms with E-state index in [2.05, 4.69) is 13.3 Å². The second kappa shape index (κ2) is 8.17. The van der Waals surface area contributed by atoms with Crippen LogP contribution in [0.2, 0.25) is 6.04 Å². The van der Waals surface area contributed by atoms with Crippen molar-refractivity contribution in [1.82, 2.24) is 0 Å². The molecule has 0 radical (unpaired) electrons. The van der Waals surface area contributed by atoms with Crippen LogP contribution in [0.5, 0.6) is 0 Å². The lowest BCUT2D eigenvalue weighted by molar-refractivity contribution is -0.194. The molecule has 0 bridgehead atoms. The fourth-order valence-corrected chi connectivity index (χ4v) is 3.38. The van der Waals surface area contributed by atoms with Crippen molar-refractivity contribution in [2.45, 2.75) is 31.0 Å². The van der Waals surface area contributed by atoms with E-state index in [1.807, 2.05) is 0 Å². The van der Waals surface area contributed by atoms with E-state index in [1.54, 1.807) is 0 Å². The van der Waals surface area contributed by atoms with Crippen molar-refractivity contribution in [2.24, 2.45) is 0 Å². The number of halogens is 9. The highest BCUT2D eigenvalue weighted by Crippen LogP contribution is 2.28. The minimum atomic E-state index is -5.03. The average molecular weight is 379 g/mol. The Morgan fingerprint density at radius 3 is 1.22 bits per heavy atom. The molecular weight excluding hydrogens is 369 g/mol. The molecule has 0 atom stereocenters. The van der Waals surface area contributed by atoms with Gasteiger partial charge >= 0.3 is 27.3 Å². The maximum atomic E-state index is 12.1. The molecule has 0 heterocycles. The molecule has 14 heteroatoms. The molecule has 0 saturated carbocycles. The van der Waals surface area contributed by atoms with Gasteiger partial charge in [-0.1, -0.05) is 0 Å². The van der Waals surface area contributed by atoms with Crippen LogP contribution in [0.4, 0.5) is 39.5 Å². The normalized spacial score (nSPS) is 13.9. The van der Waals surface area contributed by atoms with Gasteiger partial charge in [0.25, 0.3) is 0 Å². The fraction of sp³-hybridized carbons (Fsp3) is 0.889. The summed E-state index contributed by atoms with van der Waals surface area (Å²) in [5.74, 6) is 0. The first-order valence-electron chi connectivity index (χ1n) is 5.67. The van der Waals surface area contributed by atoms with Gasteiger partial charge in [-0.25, -0.2) is 0 Å². The van der Waals surface area contributed by atoms with Gasteiger partial charge in [-0.2, -0.15) is 44.8 Å².